The van der Waals surface area contributed by atoms with Gasteiger partial charge in [-0.25, -0.2) is 9.67 Å². The topological polar surface area (TPSA) is 30.7 Å². The number of rotatable bonds is 6. The first-order valence-electron chi connectivity index (χ1n) is 19.2. The van der Waals surface area contributed by atoms with Gasteiger partial charge >= 0.3 is 0 Å². The van der Waals surface area contributed by atoms with E-state index < -0.39 is 0 Å². The van der Waals surface area contributed by atoms with Crippen molar-refractivity contribution in [3.05, 3.63) is 161 Å². The maximum Gasteiger partial charge on any atom is 0.163 e. The van der Waals surface area contributed by atoms with Gasteiger partial charge in [-0.2, -0.15) is 5.10 Å². The fourth-order valence-corrected chi connectivity index (χ4v) is 7.58. The Labute approximate surface area is 322 Å². The molecule has 1 aromatic heterocycles. The molecule has 0 bridgehead atoms. The van der Waals surface area contributed by atoms with Crippen LogP contribution < -0.4 is 0 Å². The summed E-state index contributed by atoms with van der Waals surface area (Å²) in [5.74, 6) is 1.59. The fourth-order valence-electron chi connectivity index (χ4n) is 7.58. The Hall–Kier alpha value is -5.54. The smallest absolute Gasteiger partial charge is 0.163 e. The Morgan fingerprint density at radius 1 is 0.444 bits per heavy atom. The zero-order valence-electron chi connectivity index (χ0n) is 33.9. The van der Waals surface area contributed by atoms with Crippen LogP contribution in [-0.2, 0) is 10.8 Å². The summed E-state index contributed by atoms with van der Waals surface area (Å²) in [4.78, 5) is 4.96. The van der Waals surface area contributed by atoms with E-state index in [4.69, 9.17) is 10.1 Å². The van der Waals surface area contributed by atoms with Crippen LogP contribution in [0.5, 0.6) is 0 Å². The molecule has 272 valence electrons. The van der Waals surface area contributed by atoms with Crippen LogP contribution in [0.4, 0.5) is 0 Å². The van der Waals surface area contributed by atoms with Gasteiger partial charge in [0.15, 0.2) is 5.82 Å². The lowest BCUT2D eigenvalue weighted by Gasteiger charge is -2.21. The van der Waals surface area contributed by atoms with Gasteiger partial charge in [0.25, 0.3) is 0 Å². The van der Waals surface area contributed by atoms with E-state index in [-0.39, 0.29) is 10.8 Å². The van der Waals surface area contributed by atoms with Gasteiger partial charge in [0, 0.05) is 5.56 Å². The number of hydrogen-bond acceptors (Lipinski definition) is 2. The van der Waals surface area contributed by atoms with Crippen LogP contribution >= 0.6 is 0 Å². The maximum absolute atomic E-state index is 4.97. The van der Waals surface area contributed by atoms with Gasteiger partial charge < -0.3 is 0 Å². The largest absolute Gasteiger partial charge is 0.212 e. The van der Waals surface area contributed by atoms with Crippen LogP contribution in [0.1, 0.15) is 80.7 Å². The lowest BCUT2D eigenvalue weighted by Crippen LogP contribution is -2.10. The average molecular weight is 708 g/mol. The molecule has 0 amide bonds. The van der Waals surface area contributed by atoms with Gasteiger partial charge in [-0.3, -0.25) is 0 Å². The van der Waals surface area contributed by atoms with E-state index in [2.05, 4.69) is 191 Å². The summed E-state index contributed by atoms with van der Waals surface area (Å²) in [5.41, 5.74) is 19.5. The highest BCUT2D eigenvalue weighted by Crippen LogP contribution is 2.40. The molecule has 0 unspecified atom stereocenters. The van der Waals surface area contributed by atoms with Crippen LogP contribution in [0.2, 0.25) is 0 Å². The predicted octanol–water partition coefficient (Wildman–Crippen LogP) is 13.7. The van der Waals surface area contributed by atoms with Gasteiger partial charge in [-0.05, 0) is 148 Å². The molecule has 7 aromatic rings. The van der Waals surface area contributed by atoms with E-state index in [0.717, 1.165) is 39.6 Å². The van der Waals surface area contributed by atoms with Crippen molar-refractivity contribution in [3.8, 4) is 61.6 Å². The first kappa shape index (κ1) is 36.8. The summed E-state index contributed by atoms with van der Waals surface area (Å²) >= 11 is 0. The molecule has 0 N–H and O–H groups in total. The molecule has 54 heavy (non-hydrogen) atoms. The number of hydrogen-bond donors (Lipinski definition) is 0. The number of nitrogens with zero attached hydrogens (tertiary/aromatic N) is 3. The van der Waals surface area contributed by atoms with Crippen LogP contribution in [-0.4, -0.2) is 14.8 Å². The lowest BCUT2D eigenvalue weighted by atomic mass is 9.83. The third kappa shape index (κ3) is 7.33. The maximum atomic E-state index is 4.97. The van der Waals surface area contributed by atoms with E-state index in [1.165, 1.54) is 61.2 Å². The normalized spacial score (nSPS) is 12.0. The van der Waals surface area contributed by atoms with Crippen molar-refractivity contribution in [2.24, 2.45) is 0 Å². The first-order chi connectivity index (χ1) is 25.6. The SMILES string of the molecule is Cc1ccc(-c2cccc(-c3nc(C)nn3-c3c(C)cc(-c4cc(-c5ccc(C(C)(C)C)cc5)c(C)c(-c5ccc(C(C)(C)C)cc5)c4)cc3C)c2)cc1. The number of benzene rings is 6. The second kappa shape index (κ2) is 14.0. The molecule has 0 saturated heterocycles. The van der Waals surface area contributed by atoms with Crippen LogP contribution in [0.3, 0.4) is 0 Å². The molecule has 0 saturated carbocycles. The predicted molar refractivity (Wildman–Crippen MR) is 230 cm³/mol. The highest BCUT2D eigenvalue weighted by molar-refractivity contribution is 5.86. The summed E-state index contributed by atoms with van der Waals surface area (Å²) in [5, 5.41) is 4.97. The zero-order chi connectivity index (χ0) is 38.5. The van der Waals surface area contributed by atoms with E-state index in [9.17, 15) is 0 Å². The fraction of sp³-hybridized carbons (Fsp3) is 0.255. The molecule has 0 fully saturated rings. The molecule has 6 aromatic carbocycles. The molecule has 0 radical (unpaired) electrons. The minimum atomic E-state index is 0.0958. The van der Waals surface area contributed by atoms with Crippen molar-refractivity contribution >= 4 is 0 Å². The van der Waals surface area contributed by atoms with Gasteiger partial charge in [0.05, 0.1) is 5.69 Å². The van der Waals surface area contributed by atoms with E-state index in [1.54, 1.807) is 0 Å². The Kier molecular flexibility index (Phi) is 9.56. The van der Waals surface area contributed by atoms with Crippen molar-refractivity contribution in [3.63, 3.8) is 0 Å². The number of aromatic nitrogens is 3. The zero-order valence-corrected chi connectivity index (χ0v) is 33.9. The van der Waals surface area contributed by atoms with E-state index >= 15 is 0 Å². The molecule has 0 atom stereocenters. The Morgan fingerprint density at radius 3 is 1.41 bits per heavy atom. The quantitative estimate of drug-likeness (QED) is 0.172. The second-order valence-electron chi connectivity index (χ2n) is 17.2. The highest BCUT2D eigenvalue weighted by atomic mass is 15.4. The Morgan fingerprint density at radius 2 is 0.907 bits per heavy atom. The molecule has 7 rings (SSSR count). The van der Waals surface area contributed by atoms with Gasteiger partial charge in [0.2, 0.25) is 0 Å². The third-order valence-electron chi connectivity index (χ3n) is 10.8. The van der Waals surface area contributed by atoms with Crippen LogP contribution in [0.25, 0.3) is 61.6 Å². The molecule has 0 spiro atoms. The summed E-state index contributed by atoms with van der Waals surface area (Å²) in [7, 11) is 0. The summed E-state index contributed by atoms with van der Waals surface area (Å²) in [6.07, 6.45) is 0. The van der Waals surface area contributed by atoms with Gasteiger partial charge in [-0.15, -0.1) is 0 Å². The van der Waals surface area contributed by atoms with Gasteiger partial charge in [0.1, 0.15) is 5.82 Å². The molecular formula is C51H53N3. The minimum absolute atomic E-state index is 0.0958. The van der Waals surface area contributed by atoms with Gasteiger partial charge in [-0.1, -0.05) is 138 Å². The summed E-state index contributed by atoms with van der Waals surface area (Å²) < 4.78 is 2.04. The standard InChI is InChI=1S/C51H53N3/c1-32-15-17-37(18-16-32)40-13-12-14-41(29-40)49-52-36(5)53-54(49)48-33(2)27-42(28-34(48)3)43-30-46(38-19-23-44(24-20-38)50(6,7)8)35(4)47(31-43)39-21-25-45(26-22-39)51(9,10)11/h12-31H,1-11H3. The monoisotopic (exact) mass is 707 g/mol. The van der Waals surface area contributed by atoms with Crippen molar-refractivity contribution in [1.29, 1.82) is 0 Å². The van der Waals surface area contributed by atoms with Crippen LogP contribution in [0.15, 0.2) is 121 Å². The Bertz CT molecular complexity index is 2360. The highest BCUT2D eigenvalue weighted by Gasteiger charge is 2.20. The van der Waals surface area contributed by atoms with Crippen molar-refractivity contribution in [2.75, 3.05) is 0 Å². The molecular weight excluding hydrogens is 655 g/mol. The third-order valence-corrected chi connectivity index (χ3v) is 10.8. The number of aryl methyl sites for hydroxylation is 4. The molecule has 1 heterocycles. The molecule has 3 nitrogen and oxygen atoms in total. The van der Waals surface area contributed by atoms with E-state index in [0.29, 0.717) is 0 Å². The lowest BCUT2D eigenvalue weighted by molar-refractivity contribution is 0.590. The average Bonchev–Trinajstić information content (AvgIpc) is 3.52. The van der Waals surface area contributed by atoms with E-state index in [1.807, 2.05) is 11.6 Å². The van der Waals surface area contributed by atoms with Crippen LogP contribution in [0, 0.1) is 34.6 Å². The van der Waals surface area contributed by atoms with Crippen molar-refractivity contribution in [2.45, 2.75) is 87.0 Å². The molecule has 0 aliphatic carbocycles. The summed E-state index contributed by atoms with van der Waals surface area (Å²) in [6, 6.07) is 45.0. The molecule has 3 heteroatoms. The molecule has 0 aliphatic rings. The minimum Gasteiger partial charge on any atom is -0.212 e. The molecule has 0 aliphatic heterocycles. The summed E-state index contributed by atoms with van der Waals surface area (Å²) in [6.45, 7) is 24.4. The van der Waals surface area contributed by atoms with Crippen molar-refractivity contribution < 1.29 is 0 Å². The Balaban J connectivity index is 1.34. The second-order valence-corrected chi connectivity index (χ2v) is 17.2. The first-order valence-corrected chi connectivity index (χ1v) is 19.2. The van der Waals surface area contributed by atoms with Crippen molar-refractivity contribution in [1.82, 2.24) is 14.8 Å².